The van der Waals surface area contributed by atoms with Gasteiger partial charge in [0.2, 0.25) is 10.0 Å². The molecule has 0 aromatic heterocycles. The Hall–Kier alpha value is -1.89. The van der Waals surface area contributed by atoms with Gasteiger partial charge in [0.15, 0.2) is 0 Å². The number of aryl methyl sites for hydroxylation is 3. The fourth-order valence-electron chi connectivity index (χ4n) is 3.09. The van der Waals surface area contributed by atoms with Crippen LogP contribution in [0.5, 0.6) is 5.75 Å². The molecule has 1 fully saturated rings. The zero-order chi connectivity index (χ0) is 18.9. The van der Waals surface area contributed by atoms with E-state index in [2.05, 4.69) is 0 Å². The van der Waals surface area contributed by atoms with E-state index in [-0.39, 0.29) is 11.0 Å². The summed E-state index contributed by atoms with van der Waals surface area (Å²) in [5, 5.41) is 0. The number of ether oxygens (including phenoxy) is 2. The second kappa shape index (κ2) is 7.39. The van der Waals surface area contributed by atoms with Gasteiger partial charge in [-0.05, 0) is 49.6 Å². The molecular weight excluding hydrogens is 350 g/mol. The van der Waals surface area contributed by atoms with Crippen molar-refractivity contribution in [3.63, 3.8) is 0 Å². The summed E-state index contributed by atoms with van der Waals surface area (Å²) in [7, 11) is -2.17. The molecule has 0 aliphatic carbocycles. The molecule has 0 N–H and O–H groups in total. The van der Waals surface area contributed by atoms with Gasteiger partial charge in [-0.3, -0.25) is 0 Å². The van der Waals surface area contributed by atoms with Gasteiger partial charge in [0, 0.05) is 13.1 Å². The number of rotatable bonds is 4. The van der Waals surface area contributed by atoms with Crippen LogP contribution in [0.25, 0.3) is 0 Å². The maximum absolute atomic E-state index is 13.3. The quantitative estimate of drug-likeness (QED) is 0.822. The molecule has 1 atom stereocenters. The van der Waals surface area contributed by atoms with Crippen molar-refractivity contribution < 1.29 is 17.9 Å². The highest BCUT2D eigenvalue weighted by Gasteiger charge is 2.33. The molecule has 0 saturated carbocycles. The molecule has 5 nitrogen and oxygen atoms in total. The van der Waals surface area contributed by atoms with Gasteiger partial charge in [-0.25, -0.2) is 8.42 Å². The summed E-state index contributed by atoms with van der Waals surface area (Å²) in [5.74, 6) is 0.381. The van der Waals surface area contributed by atoms with Crippen molar-refractivity contribution in [3.05, 3.63) is 58.7 Å². The van der Waals surface area contributed by atoms with Crippen molar-refractivity contribution >= 4 is 10.0 Å². The smallest absolute Gasteiger partial charge is 0.246 e. The van der Waals surface area contributed by atoms with Crippen LogP contribution in [0.1, 0.15) is 28.4 Å². The first-order valence-electron chi connectivity index (χ1n) is 8.66. The fraction of sp³-hybridized carbons (Fsp3) is 0.400. The Morgan fingerprint density at radius 1 is 1.08 bits per heavy atom. The maximum atomic E-state index is 13.3. The summed E-state index contributed by atoms with van der Waals surface area (Å²) in [6.07, 6.45) is -0.267. The van der Waals surface area contributed by atoms with Gasteiger partial charge >= 0.3 is 0 Å². The molecule has 1 aliphatic heterocycles. The van der Waals surface area contributed by atoms with Crippen molar-refractivity contribution in [1.29, 1.82) is 0 Å². The van der Waals surface area contributed by atoms with E-state index in [1.165, 1.54) is 11.4 Å². The van der Waals surface area contributed by atoms with Crippen LogP contribution in [0.4, 0.5) is 0 Å². The molecule has 0 bridgehead atoms. The van der Waals surface area contributed by atoms with Gasteiger partial charge in [0.25, 0.3) is 0 Å². The Balaban J connectivity index is 1.92. The molecule has 0 radical (unpaired) electrons. The van der Waals surface area contributed by atoms with E-state index in [1.807, 2.05) is 45.0 Å². The molecule has 1 heterocycles. The normalized spacial score (nSPS) is 18.7. The standard InChI is InChI=1S/C20H25NO4S/c1-14-5-7-17(8-6-14)19-13-21(9-10-25-19)26(22,23)20-12-16(3)15(2)11-18(20)24-4/h5-8,11-12,19H,9-10,13H2,1-4H3. The zero-order valence-electron chi connectivity index (χ0n) is 15.7. The van der Waals surface area contributed by atoms with E-state index < -0.39 is 10.0 Å². The van der Waals surface area contributed by atoms with Crippen molar-refractivity contribution in [3.8, 4) is 5.75 Å². The van der Waals surface area contributed by atoms with Gasteiger partial charge in [-0.15, -0.1) is 0 Å². The average Bonchev–Trinajstić information content (AvgIpc) is 2.64. The van der Waals surface area contributed by atoms with Crippen molar-refractivity contribution in [2.24, 2.45) is 0 Å². The van der Waals surface area contributed by atoms with Gasteiger partial charge in [0.1, 0.15) is 10.6 Å². The third-order valence-electron chi connectivity index (χ3n) is 4.88. The molecule has 0 amide bonds. The Labute approximate surface area is 155 Å². The molecular formula is C20H25NO4S. The predicted molar refractivity (Wildman–Crippen MR) is 101 cm³/mol. The van der Waals surface area contributed by atoms with Crippen molar-refractivity contribution in [1.82, 2.24) is 4.31 Å². The van der Waals surface area contributed by atoms with E-state index >= 15 is 0 Å². The number of nitrogens with zero attached hydrogens (tertiary/aromatic N) is 1. The first-order valence-corrected chi connectivity index (χ1v) is 10.1. The molecule has 1 aliphatic rings. The van der Waals surface area contributed by atoms with Crippen LogP contribution in [0.2, 0.25) is 0 Å². The van der Waals surface area contributed by atoms with Crippen LogP contribution < -0.4 is 4.74 Å². The summed E-state index contributed by atoms with van der Waals surface area (Å²) in [5.41, 5.74) is 4.07. The van der Waals surface area contributed by atoms with Crippen LogP contribution in [-0.2, 0) is 14.8 Å². The average molecular weight is 375 g/mol. The number of morpholine rings is 1. The summed E-state index contributed by atoms with van der Waals surface area (Å²) in [4.78, 5) is 0.215. The van der Waals surface area contributed by atoms with Gasteiger partial charge in [-0.2, -0.15) is 4.31 Å². The minimum atomic E-state index is -3.66. The third-order valence-corrected chi connectivity index (χ3v) is 6.76. The lowest BCUT2D eigenvalue weighted by atomic mass is 10.1. The zero-order valence-corrected chi connectivity index (χ0v) is 16.5. The van der Waals surface area contributed by atoms with E-state index in [1.54, 1.807) is 12.1 Å². The Morgan fingerprint density at radius 2 is 1.73 bits per heavy atom. The topological polar surface area (TPSA) is 55.8 Å². The number of methoxy groups -OCH3 is 1. The number of sulfonamides is 1. The van der Waals surface area contributed by atoms with Crippen molar-refractivity contribution in [2.45, 2.75) is 31.8 Å². The fourth-order valence-corrected chi connectivity index (χ4v) is 4.74. The highest BCUT2D eigenvalue weighted by molar-refractivity contribution is 7.89. The van der Waals surface area contributed by atoms with E-state index in [0.29, 0.717) is 25.4 Å². The summed E-state index contributed by atoms with van der Waals surface area (Å²) in [6.45, 7) is 6.86. The monoisotopic (exact) mass is 375 g/mol. The van der Waals surface area contributed by atoms with E-state index in [0.717, 1.165) is 22.3 Å². The van der Waals surface area contributed by atoms with E-state index in [4.69, 9.17) is 9.47 Å². The van der Waals surface area contributed by atoms with Crippen molar-refractivity contribution in [2.75, 3.05) is 26.8 Å². The summed E-state index contributed by atoms with van der Waals surface area (Å²) in [6, 6.07) is 11.5. The molecule has 3 rings (SSSR count). The number of hydrogen-bond acceptors (Lipinski definition) is 4. The highest BCUT2D eigenvalue weighted by atomic mass is 32.2. The van der Waals surface area contributed by atoms with Gasteiger partial charge < -0.3 is 9.47 Å². The molecule has 140 valence electrons. The Kier molecular flexibility index (Phi) is 5.37. The maximum Gasteiger partial charge on any atom is 0.246 e. The van der Waals surface area contributed by atoms with Gasteiger partial charge in [-0.1, -0.05) is 29.8 Å². The second-order valence-corrected chi connectivity index (χ2v) is 8.63. The SMILES string of the molecule is COc1cc(C)c(C)cc1S(=O)(=O)N1CCOC(c2ccc(C)cc2)C1. The van der Waals surface area contributed by atoms with Gasteiger partial charge in [0.05, 0.1) is 19.8 Å². The van der Waals surface area contributed by atoms with Crippen LogP contribution in [0, 0.1) is 20.8 Å². The van der Waals surface area contributed by atoms with Crippen LogP contribution in [-0.4, -0.2) is 39.5 Å². The number of benzene rings is 2. The molecule has 6 heteroatoms. The lowest BCUT2D eigenvalue weighted by molar-refractivity contribution is -0.00259. The minimum absolute atomic E-state index is 0.215. The first-order chi connectivity index (χ1) is 12.3. The lowest BCUT2D eigenvalue weighted by Crippen LogP contribution is -2.42. The third kappa shape index (κ3) is 3.63. The molecule has 2 aromatic rings. The van der Waals surface area contributed by atoms with Crippen LogP contribution in [0.3, 0.4) is 0 Å². The molecule has 2 aromatic carbocycles. The Morgan fingerprint density at radius 3 is 2.38 bits per heavy atom. The second-order valence-electron chi connectivity index (χ2n) is 6.72. The summed E-state index contributed by atoms with van der Waals surface area (Å²) >= 11 is 0. The number of hydrogen-bond donors (Lipinski definition) is 0. The summed E-state index contributed by atoms with van der Waals surface area (Å²) < 4.78 is 39.2. The molecule has 26 heavy (non-hydrogen) atoms. The molecule has 0 spiro atoms. The molecule has 1 saturated heterocycles. The highest BCUT2D eigenvalue weighted by Crippen LogP contribution is 2.32. The minimum Gasteiger partial charge on any atom is -0.495 e. The van der Waals surface area contributed by atoms with Crippen LogP contribution in [0.15, 0.2) is 41.3 Å². The van der Waals surface area contributed by atoms with E-state index in [9.17, 15) is 8.42 Å². The predicted octanol–water partition coefficient (Wildman–Crippen LogP) is 3.38. The first kappa shape index (κ1) is 18.9. The largest absolute Gasteiger partial charge is 0.495 e. The molecule has 1 unspecified atom stereocenters. The lowest BCUT2D eigenvalue weighted by Gasteiger charge is -2.32. The Bertz CT molecular complexity index is 891. The van der Waals surface area contributed by atoms with Crippen LogP contribution >= 0.6 is 0 Å².